The average molecular weight is 1040 g/mol. The van der Waals surface area contributed by atoms with E-state index in [0.717, 1.165) is 57.8 Å². The molecule has 0 fully saturated rings. The van der Waals surface area contributed by atoms with Crippen LogP contribution in [0.25, 0.3) is 0 Å². The minimum absolute atomic E-state index is 0.0116. The van der Waals surface area contributed by atoms with Crippen LogP contribution in [0.1, 0.15) is 277 Å². The van der Waals surface area contributed by atoms with Crippen molar-refractivity contribution in [2.45, 2.75) is 289 Å². The van der Waals surface area contributed by atoms with Crippen molar-refractivity contribution in [1.82, 2.24) is 5.32 Å². The lowest BCUT2D eigenvalue weighted by atomic mass is 10.0. The van der Waals surface area contributed by atoms with Crippen LogP contribution in [-0.2, 0) is 18.4 Å². The molecule has 0 bridgehead atoms. The molecule has 0 radical (unpaired) electrons. The van der Waals surface area contributed by atoms with Gasteiger partial charge in [0, 0.05) is 6.42 Å². The number of amides is 1. The Morgan fingerprint density at radius 3 is 1.21 bits per heavy atom. The van der Waals surface area contributed by atoms with Gasteiger partial charge in [-0.3, -0.25) is 9.36 Å². The summed E-state index contributed by atoms with van der Waals surface area (Å²) in [7, 11) is 1.23. The maximum absolute atomic E-state index is 13.0. The lowest BCUT2D eigenvalue weighted by molar-refractivity contribution is -0.870. The number of nitrogens with zero attached hydrogens (tertiary/aromatic N) is 1. The van der Waals surface area contributed by atoms with E-state index in [1.807, 2.05) is 27.2 Å². The quantitative estimate of drug-likeness (QED) is 0.0272. The first-order chi connectivity index (χ1) is 35.5. The smallest absolute Gasteiger partial charge is 0.268 e. The number of carbonyl (C=O) groups is 1. The number of hydrogen-bond acceptors (Lipinski definition) is 6. The molecule has 3 unspecified atom stereocenters. The zero-order valence-electron chi connectivity index (χ0n) is 48.6. The van der Waals surface area contributed by atoms with Crippen molar-refractivity contribution < 1.29 is 32.9 Å². The van der Waals surface area contributed by atoms with Crippen LogP contribution in [0.3, 0.4) is 0 Å². The molecule has 0 aromatic heterocycles. The fourth-order valence-electron chi connectivity index (χ4n) is 8.78. The first-order valence-corrected chi connectivity index (χ1v) is 32.3. The van der Waals surface area contributed by atoms with E-state index < -0.39 is 26.6 Å². The Kier molecular flexibility index (Phi) is 53.2. The number of unbranched alkanes of at least 4 members (excludes halogenated alkanes) is 33. The summed E-state index contributed by atoms with van der Waals surface area (Å²) >= 11 is 0. The van der Waals surface area contributed by atoms with Gasteiger partial charge in [0.2, 0.25) is 5.91 Å². The molecule has 73 heavy (non-hydrogen) atoms. The Morgan fingerprint density at radius 2 is 0.808 bits per heavy atom. The van der Waals surface area contributed by atoms with Crippen molar-refractivity contribution in [1.29, 1.82) is 0 Å². The van der Waals surface area contributed by atoms with Gasteiger partial charge in [-0.25, -0.2) is 0 Å². The van der Waals surface area contributed by atoms with E-state index in [4.69, 9.17) is 9.05 Å². The molecule has 9 heteroatoms. The molecule has 1 amide bonds. The maximum Gasteiger partial charge on any atom is 0.268 e. The predicted molar refractivity (Wildman–Crippen MR) is 316 cm³/mol. The van der Waals surface area contributed by atoms with E-state index in [-0.39, 0.29) is 12.5 Å². The minimum atomic E-state index is -4.62. The Balaban J connectivity index is 4.25. The summed E-state index contributed by atoms with van der Waals surface area (Å²) in [5, 5.41) is 13.9. The number of quaternary nitrogens is 1. The van der Waals surface area contributed by atoms with E-state index in [0.29, 0.717) is 17.4 Å². The summed E-state index contributed by atoms with van der Waals surface area (Å²) in [5.74, 6) is -0.213. The minimum Gasteiger partial charge on any atom is -0.756 e. The summed E-state index contributed by atoms with van der Waals surface area (Å²) < 4.78 is 23.4. The monoisotopic (exact) mass is 1040 g/mol. The molecule has 0 aliphatic rings. The highest BCUT2D eigenvalue weighted by atomic mass is 31.2. The number of hydrogen-bond donors (Lipinski definition) is 2. The number of nitrogens with one attached hydrogen (secondary N) is 1. The lowest BCUT2D eigenvalue weighted by Gasteiger charge is -2.29. The summed E-state index contributed by atoms with van der Waals surface area (Å²) in [4.78, 5) is 25.5. The first-order valence-electron chi connectivity index (χ1n) is 30.8. The number of aliphatic hydroxyl groups is 1. The molecular weight excluding hydrogens is 924 g/mol. The van der Waals surface area contributed by atoms with Gasteiger partial charge in [0.1, 0.15) is 13.2 Å². The average Bonchev–Trinajstić information content (AvgIpc) is 3.35. The third-order valence-corrected chi connectivity index (χ3v) is 14.6. The van der Waals surface area contributed by atoms with Gasteiger partial charge in [-0.15, -0.1) is 0 Å². The highest BCUT2D eigenvalue weighted by molar-refractivity contribution is 7.45. The molecule has 3 atom stereocenters. The Morgan fingerprint density at radius 1 is 0.479 bits per heavy atom. The fraction of sp³-hybridized carbons (Fsp3) is 0.797. The Labute approximate surface area is 453 Å². The molecule has 2 N–H and O–H groups in total. The van der Waals surface area contributed by atoms with Crippen molar-refractivity contribution in [2.24, 2.45) is 0 Å². The van der Waals surface area contributed by atoms with Gasteiger partial charge >= 0.3 is 0 Å². The van der Waals surface area contributed by atoms with Crippen LogP contribution in [-0.4, -0.2) is 68.5 Å². The topological polar surface area (TPSA) is 108 Å². The van der Waals surface area contributed by atoms with Crippen molar-refractivity contribution in [3.8, 4) is 0 Å². The van der Waals surface area contributed by atoms with Gasteiger partial charge in [-0.2, -0.15) is 0 Å². The Bertz CT molecular complexity index is 1420. The second-order valence-electron chi connectivity index (χ2n) is 22.0. The van der Waals surface area contributed by atoms with Crippen molar-refractivity contribution in [3.05, 3.63) is 72.9 Å². The largest absolute Gasteiger partial charge is 0.756 e. The molecule has 426 valence electrons. The number of carbonyl (C=O) groups excluding carboxylic acids is 1. The molecule has 0 aromatic carbocycles. The van der Waals surface area contributed by atoms with Crippen LogP contribution < -0.4 is 10.2 Å². The molecule has 0 saturated carbocycles. The molecule has 0 saturated heterocycles. The van der Waals surface area contributed by atoms with Crippen LogP contribution in [0.15, 0.2) is 72.9 Å². The normalized spacial score (nSPS) is 14.3. The predicted octanol–water partition coefficient (Wildman–Crippen LogP) is 18.4. The van der Waals surface area contributed by atoms with E-state index >= 15 is 0 Å². The molecule has 0 aliphatic carbocycles. The highest BCUT2D eigenvalue weighted by Crippen LogP contribution is 2.38. The van der Waals surface area contributed by atoms with E-state index in [1.165, 1.54) is 199 Å². The second kappa shape index (κ2) is 54.7. The number of phosphoric ester groups is 1. The molecule has 0 rings (SSSR count). The summed E-state index contributed by atoms with van der Waals surface area (Å²) in [6, 6.07) is -0.915. The van der Waals surface area contributed by atoms with Crippen molar-refractivity contribution >= 4 is 13.7 Å². The molecule has 0 spiro atoms. The van der Waals surface area contributed by atoms with Crippen LogP contribution in [0.5, 0.6) is 0 Å². The van der Waals surface area contributed by atoms with Gasteiger partial charge < -0.3 is 28.8 Å². The number of aliphatic hydroxyl groups excluding tert-OH is 1. The molecule has 0 heterocycles. The fourth-order valence-corrected chi connectivity index (χ4v) is 9.50. The van der Waals surface area contributed by atoms with Crippen molar-refractivity contribution in [2.75, 3.05) is 40.9 Å². The van der Waals surface area contributed by atoms with Gasteiger partial charge in [-0.1, -0.05) is 260 Å². The van der Waals surface area contributed by atoms with Crippen molar-refractivity contribution in [3.63, 3.8) is 0 Å². The molecule has 0 aliphatic heterocycles. The van der Waals surface area contributed by atoms with Crippen LogP contribution in [0.4, 0.5) is 0 Å². The number of rotatable bonds is 56. The Hall–Kier alpha value is -2.06. The van der Waals surface area contributed by atoms with Crippen LogP contribution in [0.2, 0.25) is 0 Å². The second-order valence-corrected chi connectivity index (χ2v) is 23.4. The SMILES string of the molecule is CCCCCCC/C=C\C/C=C\C/C=C\CCCCCCCCCCCCCCC(=O)NC(COP(=O)([O-])OCC[N+](C)(C)C)C(O)/C=C/CC/C=C/CC/C=C/CCCCCCCCCCCCCCCC. The molecule has 0 aromatic rings. The number of likely N-dealkylation sites (N-methyl/N-ethyl adjacent to an activating group) is 1. The van der Waals surface area contributed by atoms with Gasteiger partial charge in [0.15, 0.2) is 0 Å². The van der Waals surface area contributed by atoms with E-state index in [1.54, 1.807) is 6.08 Å². The zero-order valence-corrected chi connectivity index (χ0v) is 49.5. The number of allylic oxidation sites excluding steroid dienone is 11. The van der Waals surface area contributed by atoms with Crippen LogP contribution in [0, 0.1) is 0 Å². The highest BCUT2D eigenvalue weighted by Gasteiger charge is 2.23. The summed E-state index contributed by atoms with van der Waals surface area (Å²) in [5.41, 5.74) is 0. The standard InChI is InChI=1S/C64H119N2O6P/c1-6-8-10-12-14-16-18-20-22-24-26-28-30-32-33-34-36-38-40-42-44-46-48-50-52-54-56-58-64(68)65-62(61-72-73(69,70)71-60-59-66(3,4)5)63(67)57-55-53-51-49-47-45-43-41-39-37-35-31-29-27-25-23-21-19-17-15-13-11-9-7-2/h18,20,24,26,30,32,39,41,47,49,55,57,62-63,67H,6-17,19,21-23,25,27-29,31,33-38,40,42-46,48,50-54,56,58-61H2,1-5H3,(H-,65,68,69,70)/b20-18-,26-24-,32-30-,41-39+,49-47+,57-55+. The lowest BCUT2D eigenvalue weighted by Crippen LogP contribution is -2.45. The van der Waals surface area contributed by atoms with Gasteiger partial charge in [-0.05, 0) is 83.5 Å². The van der Waals surface area contributed by atoms with E-state index in [9.17, 15) is 19.4 Å². The summed E-state index contributed by atoms with van der Waals surface area (Å²) in [6.45, 7) is 4.63. The molecular formula is C64H119N2O6P. The first kappa shape index (κ1) is 70.9. The maximum atomic E-state index is 13.0. The van der Waals surface area contributed by atoms with E-state index in [2.05, 4.69) is 79.9 Å². The van der Waals surface area contributed by atoms with Gasteiger partial charge in [0.05, 0.1) is 39.9 Å². The third kappa shape index (κ3) is 57.5. The molecule has 8 nitrogen and oxygen atoms in total. The van der Waals surface area contributed by atoms with Crippen LogP contribution >= 0.6 is 7.82 Å². The zero-order chi connectivity index (χ0) is 53.5. The third-order valence-electron chi connectivity index (χ3n) is 13.6. The van der Waals surface area contributed by atoms with Gasteiger partial charge in [0.25, 0.3) is 7.82 Å². The number of phosphoric acid groups is 1. The summed E-state index contributed by atoms with van der Waals surface area (Å²) in [6.07, 6.45) is 75.6.